The van der Waals surface area contributed by atoms with Gasteiger partial charge in [-0.2, -0.15) is 0 Å². The monoisotopic (exact) mass is 244 g/mol. The van der Waals surface area contributed by atoms with Gasteiger partial charge in [0, 0.05) is 6.54 Å². The molecule has 0 aliphatic heterocycles. The number of rotatable bonds is 8. The molecule has 1 radical (unpaired) electrons. The van der Waals surface area contributed by atoms with E-state index in [0.717, 1.165) is 0 Å². The van der Waals surface area contributed by atoms with Crippen LogP contribution in [0.4, 0.5) is 0 Å². The van der Waals surface area contributed by atoms with Gasteiger partial charge in [0.2, 0.25) is 12.2 Å². The largest absolute Gasteiger partial charge is 0.394 e. The van der Waals surface area contributed by atoms with Crippen molar-refractivity contribution >= 4 is 18.2 Å². The van der Waals surface area contributed by atoms with E-state index in [4.69, 9.17) is 22.0 Å². The number of aliphatic hydroxyl groups is 1. The molecular weight excluding hydrogens is 226 g/mol. The van der Waals surface area contributed by atoms with Crippen molar-refractivity contribution in [2.45, 2.75) is 24.9 Å². The van der Waals surface area contributed by atoms with E-state index < -0.39 is 24.6 Å². The van der Waals surface area contributed by atoms with Crippen LogP contribution in [0.2, 0.25) is 0 Å². The first-order valence-electron chi connectivity index (χ1n) is 5.13. The standard InChI is InChI=1S/C9H18N5O3/c10-7(2-1-3-13-9(11)12)8(17)14-6(4-15)5-16/h6-7,15H,1-4,10H2,(H,14,17)(H4,11,12,13). The summed E-state index contributed by atoms with van der Waals surface area (Å²) in [4.78, 5) is 21.6. The first-order valence-corrected chi connectivity index (χ1v) is 5.13. The lowest BCUT2D eigenvalue weighted by Crippen LogP contribution is -2.47. The molecule has 2 atom stereocenters. The summed E-state index contributed by atoms with van der Waals surface area (Å²) in [5, 5.41) is 20.4. The maximum atomic E-state index is 11.4. The fraction of sp³-hybridized carbons (Fsp3) is 0.667. The van der Waals surface area contributed by atoms with Crippen molar-refractivity contribution in [3.8, 4) is 0 Å². The molecule has 1 amide bonds. The predicted molar refractivity (Wildman–Crippen MR) is 61.8 cm³/mol. The van der Waals surface area contributed by atoms with Gasteiger partial charge in [-0.05, 0) is 12.8 Å². The SMILES string of the molecule is N=C(N)NCCCC(N)C(=O)NC([C]=O)CO. The van der Waals surface area contributed by atoms with Crippen molar-refractivity contribution in [1.29, 1.82) is 5.41 Å². The van der Waals surface area contributed by atoms with Gasteiger partial charge in [-0.15, -0.1) is 0 Å². The van der Waals surface area contributed by atoms with Gasteiger partial charge < -0.3 is 27.2 Å². The van der Waals surface area contributed by atoms with E-state index in [1.165, 1.54) is 6.29 Å². The number of nitrogens with two attached hydrogens (primary N) is 2. The van der Waals surface area contributed by atoms with Crippen LogP contribution < -0.4 is 22.1 Å². The summed E-state index contributed by atoms with van der Waals surface area (Å²) in [5.74, 6) is -0.658. The lowest BCUT2D eigenvalue weighted by Gasteiger charge is -2.14. The molecule has 0 aliphatic carbocycles. The van der Waals surface area contributed by atoms with Gasteiger partial charge in [0.1, 0.15) is 6.04 Å². The zero-order chi connectivity index (χ0) is 13.3. The molecule has 0 fully saturated rings. The normalized spacial score (nSPS) is 13.5. The summed E-state index contributed by atoms with van der Waals surface area (Å²) in [6.07, 6.45) is 2.41. The van der Waals surface area contributed by atoms with E-state index >= 15 is 0 Å². The number of hydrogen-bond acceptors (Lipinski definition) is 5. The summed E-state index contributed by atoms with van der Waals surface area (Å²) in [5.41, 5.74) is 10.6. The Bertz CT molecular complexity index is 271. The number of carbonyl (C=O) groups excluding carboxylic acids is 2. The van der Waals surface area contributed by atoms with Gasteiger partial charge in [0.15, 0.2) is 5.96 Å². The Morgan fingerprint density at radius 2 is 2.18 bits per heavy atom. The minimum absolute atomic E-state index is 0.140. The molecule has 0 spiro atoms. The second-order valence-corrected chi connectivity index (χ2v) is 3.45. The summed E-state index contributed by atoms with van der Waals surface area (Å²) in [6.45, 7) is -0.0621. The molecule has 0 heterocycles. The molecule has 0 saturated carbocycles. The highest BCUT2D eigenvalue weighted by Crippen LogP contribution is 1.94. The van der Waals surface area contributed by atoms with Gasteiger partial charge in [-0.25, -0.2) is 0 Å². The van der Waals surface area contributed by atoms with Crippen LogP contribution in [-0.4, -0.2) is 48.5 Å². The third-order valence-corrected chi connectivity index (χ3v) is 1.99. The highest BCUT2D eigenvalue weighted by molar-refractivity contribution is 5.84. The Kier molecular flexibility index (Phi) is 7.65. The van der Waals surface area contributed by atoms with Gasteiger partial charge in [-0.3, -0.25) is 15.0 Å². The zero-order valence-electron chi connectivity index (χ0n) is 9.40. The van der Waals surface area contributed by atoms with Gasteiger partial charge in [-0.1, -0.05) is 0 Å². The molecule has 8 heteroatoms. The van der Waals surface area contributed by atoms with Crippen molar-refractivity contribution < 1.29 is 14.7 Å². The molecule has 8 nitrogen and oxygen atoms in total. The predicted octanol–water partition coefficient (Wildman–Crippen LogP) is -2.84. The third kappa shape index (κ3) is 7.25. The third-order valence-electron chi connectivity index (χ3n) is 1.99. The van der Waals surface area contributed by atoms with E-state index in [0.29, 0.717) is 19.4 Å². The maximum absolute atomic E-state index is 11.4. The molecule has 8 N–H and O–H groups in total. The van der Waals surface area contributed by atoms with Crippen molar-refractivity contribution in [3.05, 3.63) is 0 Å². The van der Waals surface area contributed by atoms with Gasteiger partial charge in [0.05, 0.1) is 12.6 Å². The Labute approximate surface area is 99.2 Å². The highest BCUT2D eigenvalue weighted by atomic mass is 16.3. The molecule has 0 rings (SSSR count). The Morgan fingerprint density at radius 3 is 2.65 bits per heavy atom. The van der Waals surface area contributed by atoms with Crippen LogP contribution in [0.15, 0.2) is 0 Å². The Balaban J connectivity index is 3.81. The zero-order valence-corrected chi connectivity index (χ0v) is 9.40. The fourth-order valence-corrected chi connectivity index (χ4v) is 1.07. The first kappa shape index (κ1) is 15.3. The van der Waals surface area contributed by atoms with Crippen LogP contribution in [0.5, 0.6) is 0 Å². The van der Waals surface area contributed by atoms with E-state index in [1.54, 1.807) is 0 Å². The van der Waals surface area contributed by atoms with E-state index in [1.807, 2.05) is 0 Å². The molecule has 0 aromatic carbocycles. The first-order chi connectivity index (χ1) is 8.01. The highest BCUT2D eigenvalue weighted by Gasteiger charge is 2.17. The van der Waals surface area contributed by atoms with Crippen LogP contribution in [0, 0.1) is 5.41 Å². The van der Waals surface area contributed by atoms with E-state index in [9.17, 15) is 9.59 Å². The lowest BCUT2D eigenvalue weighted by molar-refractivity contribution is -0.123. The number of amides is 1. The summed E-state index contributed by atoms with van der Waals surface area (Å²) >= 11 is 0. The van der Waals surface area contributed by atoms with Crippen LogP contribution in [-0.2, 0) is 9.59 Å². The minimum atomic E-state index is -1.04. The molecule has 0 aromatic rings. The van der Waals surface area contributed by atoms with Crippen molar-refractivity contribution in [2.75, 3.05) is 13.2 Å². The average Bonchev–Trinajstić information content (AvgIpc) is 2.30. The lowest BCUT2D eigenvalue weighted by atomic mass is 10.1. The van der Waals surface area contributed by atoms with Gasteiger partial charge in [0.25, 0.3) is 0 Å². The van der Waals surface area contributed by atoms with Crippen molar-refractivity contribution in [1.82, 2.24) is 10.6 Å². The average molecular weight is 244 g/mol. The Morgan fingerprint density at radius 1 is 1.53 bits per heavy atom. The molecule has 0 aliphatic rings. The molecule has 17 heavy (non-hydrogen) atoms. The smallest absolute Gasteiger partial charge is 0.237 e. The van der Waals surface area contributed by atoms with Crippen molar-refractivity contribution in [3.63, 3.8) is 0 Å². The van der Waals surface area contributed by atoms with Crippen LogP contribution in [0.3, 0.4) is 0 Å². The maximum Gasteiger partial charge on any atom is 0.237 e. The number of nitrogens with one attached hydrogen (secondary N) is 3. The summed E-state index contributed by atoms with van der Waals surface area (Å²) in [7, 11) is 0. The number of carbonyl (C=O) groups is 1. The van der Waals surface area contributed by atoms with Crippen molar-refractivity contribution in [2.24, 2.45) is 11.5 Å². The summed E-state index contributed by atoms with van der Waals surface area (Å²) in [6, 6.07) is -1.81. The quantitative estimate of drug-likeness (QED) is 0.153. The molecule has 0 aromatic heterocycles. The minimum Gasteiger partial charge on any atom is -0.394 e. The second kappa shape index (κ2) is 8.48. The topological polar surface area (TPSA) is 154 Å². The molecule has 97 valence electrons. The number of hydrogen-bond donors (Lipinski definition) is 6. The molecule has 0 bridgehead atoms. The fourth-order valence-electron chi connectivity index (χ4n) is 1.07. The van der Waals surface area contributed by atoms with Crippen LogP contribution in [0.1, 0.15) is 12.8 Å². The van der Waals surface area contributed by atoms with E-state index in [-0.39, 0.29) is 5.96 Å². The molecule has 0 saturated heterocycles. The summed E-state index contributed by atoms with van der Waals surface area (Å²) < 4.78 is 0. The molecular formula is C9H18N5O3. The second-order valence-electron chi connectivity index (χ2n) is 3.45. The van der Waals surface area contributed by atoms with E-state index in [2.05, 4.69) is 10.6 Å². The van der Waals surface area contributed by atoms with Gasteiger partial charge >= 0.3 is 0 Å². The van der Waals surface area contributed by atoms with Crippen LogP contribution in [0.25, 0.3) is 0 Å². The number of guanidine groups is 1. The Hall–Kier alpha value is -1.67. The molecule has 2 unspecified atom stereocenters. The van der Waals surface area contributed by atoms with Crippen LogP contribution >= 0.6 is 0 Å². The number of aliphatic hydroxyl groups excluding tert-OH is 1.